The fraction of sp³-hybridized carbons (Fsp3) is 0.250. The number of furan rings is 1. The number of hydrogen-bond acceptors (Lipinski definition) is 6. The van der Waals surface area contributed by atoms with Crippen LogP contribution in [0.25, 0.3) is 11.4 Å². The molecular formula is C12H8F3N3O2S. The van der Waals surface area contributed by atoms with Crippen molar-refractivity contribution in [1.29, 1.82) is 0 Å². The lowest BCUT2D eigenvalue weighted by Gasteiger charge is -2.04. The number of hydrogen-bond donors (Lipinski definition) is 0. The summed E-state index contributed by atoms with van der Waals surface area (Å²) in [6.45, 7) is 1.42. The number of rotatable bonds is 3. The molecule has 5 nitrogen and oxygen atoms in total. The van der Waals surface area contributed by atoms with Crippen LogP contribution in [-0.4, -0.2) is 15.1 Å². The third-order valence-corrected chi connectivity index (χ3v) is 3.42. The second kappa shape index (κ2) is 4.99. The van der Waals surface area contributed by atoms with Gasteiger partial charge in [0.1, 0.15) is 17.6 Å². The smallest absolute Gasteiger partial charge is 0.420 e. The number of alkyl halides is 3. The predicted molar refractivity (Wildman–Crippen MR) is 66.7 cm³/mol. The van der Waals surface area contributed by atoms with Gasteiger partial charge in [0.2, 0.25) is 11.7 Å². The molecule has 0 unspecified atom stereocenters. The number of aryl methyl sites for hydroxylation is 1. The molecule has 21 heavy (non-hydrogen) atoms. The summed E-state index contributed by atoms with van der Waals surface area (Å²) in [5.41, 5.74) is 1.25. The summed E-state index contributed by atoms with van der Waals surface area (Å²) in [4.78, 5) is 8.04. The summed E-state index contributed by atoms with van der Waals surface area (Å²) in [5, 5.41) is 5.40. The van der Waals surface area contributed by atoms with Gasteiger partial charge < -0.3 is 8.94 Å². The summed E-state index contributed by atoms with van der Waals surface area (Å²) in [6, 6.07) is 0. The van der Waals surface area contributed by atoms with Crippen LogP contribution in [0.3, 0.4) is 0 Å². The third kappa shape index (κ3) is 2.68. The minimum Gasteiger partial charge on any atom is -0.468 e. The molecule has 110 valence electrons. The van der Waals surface area contributed by atoms with Gasteiger partial charge in [-0.05, 0) is 6.92 Å². The fourth-order valence-electron chi connectivity index (χ4n) is 1.85. The molecule has 3 aromatic heterocycles. The van der Waals surface area contributed by atoms with Gasteiger partial charge in [-0.2, -0.15) is 18.2 Å². The topological polar surface area (TPSA) is 65.0 Å². The van der Waals surface area contributed by atoms with Gasteiger partial charge in [0, 0.05) is 5.38 Å². The van der Waals surface area contributed by atoms with Crippen molar-refractivity contribution in [1.82, 2.24) is 15.1 Å². The van der Waals surface area contributed by atoms with Crippen molar-refractivity contribution >= 4 is 11.3 Å². The van der Waals surface area contributed by atoms with E-state index in [1.54, 1.807) is 10.9 Å². The molecule has 0 aliphatic carbocycles. The van der Waals surface area contributed by atoms with Crippen molar-refractivity contribution in [3.05, 3.63) is 40.1 Å². The second-order valence-corrected chi connectivity index (χ2v) is 4.97. The van der Waals surface area contributed by atoms with E-state index in [-0.39, 0.29) is 29.5 Å². The summed E-state index contributed by atoms with van der Waals surface area (Å²) in [6.07, 6.45) is -3.61. The molecule has 0 aromatic carbocycles. The molecule has 0 radical (unpaired) electrons. The van der Waals surface area contributed by atoms with Crippen LogP contribution >= 0.6 is 11.3 Å². The molecular weight excluding hydrogens is 307 g/mol. The first kappa shape index (κ1) is 13.8. The first-order chi connectivity index (χ1) is 9.95. The standard InChI is InChI=1S/C12H8F3N3O2S/c1-6-10(8(3-19-6)12(13,14)15)11-17-9(20-18-11)2-7-4-21-5-16-7/h3-5H,2H2,1H3. The highest BCUT2D eigenvalue weighted by Crippen LogP contribution is 2.39. The van der Waals surface area contributed by atoms with Crippen LogP contribution in [-0.2, 0) is 12.6 Å². The zero-order valence-corrected chi connectivity index (χ0v) is 11.5. The van der Waals surface area contributed by atoms with E-state index in [0.717, 1.165) is 5.69 Å². The lowest BCUT2D eigenvalue weighted by atomic mass is 10.1. The predicted octanol–water partition coefficient (Wildman–Crippen LogP) is 3.70. The first-order valence-corrected chi connectivity index (χ1v) is 6.74. The highest BCUT2D eigenvalue weighted by molar-refractivity contribution is 7.07. The molecule has 0 bridgehead atoms. The number of thiazole rings is 1. The van der Waals surface area contributed by atoms with Gasteiger partial charge in [-0.3, -0.25) is 0 Å². The number of aromatic nitrogens is 3. The van der Waals surface area contributed by atoms with Gasteiger partial charge in [0.05, 0.1) is 23.2 Å². The Labute approximate surface area is 120 Å². The Morgan fingerprint density at radius 2 is 2.14 bits per heavy atom. The normalized spacial score (nSPS) is 12.0. The molecule has 0 atom stereocenters. The fourth-order valence-corrected chi connectivity index (χ4v) is 2.41. The minimum absolute atomic E-state index is 0.0864. The first-order valence-electron chi connectivity index (χ1n) is 5.80. The maximum atomic E-state index is 12.9. The van der Waals surface area contributed by atoms with E-state index in [0.29, 0.717) is 6.26 Å². The van der Waals surface area contributed by atoms with Gasteiger partial charge in [0.15, 0.2) is 0 Å². The van der Waals surface area contributed by atoms with Crippen LogP contribution in [0.4, 0.5) is 13.2 Å². The molecule has 0 fully saturated rings. The molecule has 0 aliphatic rings. The SMILES string of the molecule is Cc1occ(C(F)(F)F)c1-c1noc(Cc2cscn2)n1. The van der Waals surface area contributed by atoms with E-state index in [4.69, 9.17) is 8.94 Å². The van der Waals surface area contributed by atoms with Crippen molar-refractivity contribution in [2.75, 3.05) is 0 Å². The largest absolute Gasteiger partial charge is 0.468 e. The van der Waals surface area contributed by atoms with Crippen LogP contribution in [0, 0.1) is 6.92 Å². The maximum Gasteiger partial charge on any atom is 0.420 e. The molecule has 3 heterocycles. The Morgan fingerprint density at radius 1 is 1.33 bits per heavy atom. The van der Waals surface area contributed by atoms with Gasteiger partial charge in [-0.15, -0.1) is 11.3 Å². The summed E-state index contributed by atoms with van der Waals surface area (Å²) in [5.74, 6) is 0.145. The van der Waals surface area contributed by atoms with E-state index < -0.39 is 11.7 Å². The summed E-state index contributed by atoms with van der Waals surface area (Å²) >= 11 is 1.41. The van der Waals surface area contributed by atoms with Crippen LogP contribution in [0.15, 0.2) is 26.1 Å². The molecule has 0 saturated heterocycles. The summed E-state index contributed by atoms with van der Waals surface area (Å²) < 4.78 is 48.5. The van der Waals surface area contributed by atoms with E-state index in [2.05, 4.69) is 15.1 Å². The van der Waals surface area contributed by atoms with E-state index >= 15 is 0 Å². The van der Waals surface area contributed by atoms with Crippen LogP contribution < -0.4 is 0 Å². The second-order valence-electron chi connectivity index (χ2n) is 4.25. The van der Waals surface area contributed by atoms with Crippen molar-refractivity contribution in [3.8, 4) is 11.4 Å². The molecule has 0 spiro atoms. The average Bonchev–Trinajstić information content (AvgIpc) is 3.09. The Bertz CT molecular complexity index is 746. The summed E-state index contributed by atoms with van der Waals surface area (Å²) in [7, 11) is 0. The van der Waals surface area contributed by atoms with Crippen molar-refractivity contribution in [3.63, 3.8) is 0 Å². The maximum absolute atomic E-state index is 12.9. The third-order valence-electron chi connectivity index (χ3n) is 2.79. The van der Waals surface area contributed by atoms with Gasteiger partial charge in [0.25, 0.3) is 0 Å². The zero-order chi connectivity index (χ0) is 15.0. The monoisotopic (exact) mass is 315 g/mol. The Balaban J connectivity index is 1.95. The van der Waals surface area contributed by atoms with Crippen molar-refractivity contribution < 1.29 is 22.1 Å². The van der Waals surface area contributed by atoms with E-state index in [1.807, 2.05) is 0 Å². The molecule has 0 aliphatic heterocycles. The minimum atomic E-state index is -4.54. The van der Waals surface area contributed by atoms with Crippen molar-refractivity contribution in [2.24, 2.45) is 0 Å². The lowest BCUT2D eigenvalue weighted by Crippen LogP contribution is -2.05. The zero-order valence-electron chi connectivity index (χ0n) is 10.6. The van der Waals surface area contributed by atoms with Gasteiger partial charge in [-0.1, -0.05) is 5.16 Å². The highest BCUT2D eigenvalue weighted by atomic mass is 32.1. The number of nitrogens with zero attached hydrogens (tertiary/aromatic N) is 3. The molecule has 9 heteroatoms. The van der Waals surface area contributed by atoms with E-state index in [9.17, 15) is 13.2 Å². The highest BCUT2D eigenvalue weighted by Gasteiger charge is 2.38. The Morgan fingerprint density at radius 3 is 2.81 bits per heavy atom. The van der Waals surface area contributed by atoms with E-state index in [1.165, 1.54) is 18.3 Å². The molecule has 3 aromatic rings. The molecule has 0 N–H and O–H groups in total. The Hall–Kier alpha value is -2.16. The lowest BCUT2D eigenvalue weighted by molar-refractivity contribution is -0.137. The van der Waals surface area contributed by atoms with Crippen LogP contribution in [0.2, 0.25) is 0 Å². The molecule has 0 amide bonds. The van der Waals surface area contributed by atoms with Crippen LogP contribution in [0.1, 0.15) is 22.9 Å². The number of halogens is 3. The van der Waals surface area contributed by atoms with Gasteiger partial charge in [-0.25, -0.2) is 4.98 Å². The van der Waals surface area contributed by atoms with Crippen LogP contribution in [0.5, 0.6) is 0 Å². The Kier molecular flexibility index (Phi) is 3.28. The quantitative estimate of drug-likeness (QED) is 0.737. The molecule has 3 rings (SSSR count). The van der Waals surface area contributed by atoms with Gasteiger partial charge >= 0.3 is 6.18 Å². The van der Waals surface area contributed by atoms with Crippen molar-refractivity contribution in [2.45, 2.75) is 19.5 Å². The molecule has 0 saturated carbocycles. The average molecular weight is 315 g/mol.